The summed E-state index contributed by atoms with van der Waals surface area (Å²) < 4.78 is 21.5. The average Bonchev–Trinajstić information content (AvgIpc) is 2.93. The number of rotatable bonds is 9. The summed E-state index contributed by atoms with van der Waals surface area (Å²) in [7, 11) is 7.72. The maximum atomic E-state index is 13.6. The van der Waals surface area contributed by atoms with E-state index in [1.165, 1.54) is 6.08 Å². The number of aliphatic hydroxyl groups excluding tert-OH is 1. The quantitative estimate of drug-likeness (QED) is 0.0595. The summed E-state index contributed by atoms with van der Waals surface area (Å²) in [4.78, 5) is 63.9. The smallest absolute Gasteiger partial charge is 0.348 e. The van der Waals surface area contributed by atoms with Crippen molar-refractivity contribution in [2.45, 2.75) is 101 Å². The van der Waals surface area contributed by atoms with E-state index in [-0.39, 0.29) is 18.6 Å². The molecule has 7 unspecified atom stereocenters. The number of hydrogen-bond donors (Lipinski definition) is 5. The summed E-state index contributed by atoms with van der Waals surface area (Å²) in [5, 5.41) is 20.8. The zero-order valence-corrected chi connectivity index (χ0v) is 27.7. The van der Waals surface area contributed by atoms with Gasteiger partial charge in [0.1, 0.15) is 6.04 Å². The molecule has 13 nitrogen and oxygen atoms in total. The molecule has 0 aromatic heterocycles. The number of fused-ring (bicyclic) bond motifs is 3. The molecule has 1 aliphatic heterocycles. The predicted octanol–water partition coefficient (Wildman–Crippen LogP) is 1.77. The molecule has 0 aromatic rings. The maximum Gasteiger partial charge on any atom is 0.348 e. The molecule has 2 bridgehead atoms. The van der Waals surface area contributed by atoms with Gasteiger partial charge in [-0.05, 0) is 57.7 Å². The summed E-state index contributed by atoms with van der Waals surface area (Å²) in [5.41, 5.74) is 8.27. The Morgan fingerprint density at radius 2 is 1.89 bits per heavy atom. The lowest BCUT2D eigenvalue weighted by Gasteiger charge is -2.55. The molecule has 2 radical (unpaired) electrons. The molecule has 0 aromatic carbocycles. The second-order valence-electron chi connectivity index (χ2n) is 13.0. The highest BCUT2D eigenvalue weighted by Gasteiger charge is 2.67. The van der Waals surface area contributed by atoms with E-state index < -0.39 is 87.6 Å². The Morgan fingerprint density at radius 3 is 2.48 bits per heavy atom. The third-order valence-electron chi connectivity index (χ3n) is 8.88. The van der Waals surface area contributed by atoms with Crippen molar-refractivity contribution < 1.29 is 53.1 Å². The third-order valence-corrected chi connectivity index (χ3v) is 9.31. The van der Waals surface area contributed by atoms with Gasteiger partial charge in [0.05, 0.1) is 20.7 Å². The first-order chi connectivity index (χ1) is 21.3. The highest BCUT2D eigenvalue weighted by Crippen LogP contribution is 2.60. The van der Waals surface area contributed by atoms with Gasteiger partial charge < -0.3 is 40.6 Å². The summed E-state index contributed by atoms with van der Waals surface area (Å²) >= 11 is 4.69. The fourth-order valence-electron chi connectivity index (χ4n) is 6.56. The molecule has 1 heterocycles. The Bertz CT molecular complexity index is 1380. The van der Waals surface area contributed by atoms with Crippen LogP contribution < -0.4 is 11.5 Å². The monoisotopic (exact) mass is 662 g/mol. The van der Waals surface area contributed by atoms with Crippen LogP contribution in [0.25, 0.3) is 0 Å². The van der Waals surface area contributed by atoms with Gasteiger partial charge in [-0.15, -0.1) is 12.6 Å². The molecule has 46 heavy (non-hydrogen) atoms. The summed E-state index contributed by atoms with van der Waals surface area (Å²) in [6, 6.07) is -1.00. The van der Waals surface area contributed by atoms with Gasteiger partial charge in [0.2, 0.25) is 6.10 Å². The van der Waals surface area contributed by atoms with Gasteiger partial charge in [0.15, 0.2) is 22.1 Å². The Kier molecular flexibility index (Phi) is 11.3. The predicted molar refractivity (Wildman–Crippen MR) is 168 cm³/mol. The fourth-order valence-corrected chi connectivity index (χ4v) is 7.10. The first kappa shape index (κ1) is 37.3. The number of nitrogens with two attached hydrogens (primary N) is 2. The van der Waals surface area contributed by atoms with Crippen molar-refractivity contribution in [3.8, 4) is 0 Å². The number of carbonyl (C=O) groups excluding carboxylic acids is 5. The lowest BCUT2D eigenvalue weighted by Crippen LogP contribution is -2.65. The number of ketones is 1. The van der Waals surface area contributed by atoms with E-state index in [1.807, 2.05) is 0 Å². The summed E-state index contributed by atoms with van der Waals surface area (Å²) in [5.74, 6) is -6.46. The van der Waals surface area contributed by atoms with Crippen LogP contribution in [0.3, 0.4) is 0 Å². The molecule has 252 valence electrons. The van der Waals surface area contributed by atoms with E-state index in [1.54, 1.807) is 27.7 Å². The van der Waals surface area contributed by atoms with Gasteiger partial charge >= 0.3 is 23.9 Å². The number of ether oxygens (including phenoxy) is 4. The number of aliphatic hydroxyl groups is 2. The Morgan fingerprint density at radius 1 is 1.24 bits per heavy atom. The van der Waals surface area contributed by atoms with E-state index in [2.05, 4.69) is 12.6 Å². The van der Waals surface area contributed by atoms with Crippen LogP contribution in [0.4, 0.5) is 0 Å². The molecule has 15 heteroatoms. The lowest BCUT2D eigenvalue weighted by atomic mass is 9.49. The minimum absolute atomic E-state index is 0.199. The van der Waals surface area contributed by atoms with Crippen LogP contribution in [0.15, 0.2) is 34.8 Å². The third kappa shape index (κ3) is 7.37. The van der Waals surface area contributed by atoms with E-state index in [4.69, 9.17) is 38.3 Å². The Labute approximate surface area is 274 Å². The van der Waals surface area contributed by atoms with Crippen LogP contribution >= 0.6 is 12.6 Å². The zero-order valence-electron chi connectivity index (χ0n) is 26.8. The van der Waals surface area contributed by atoms with Crippen molar-refractivity contribution in [2.75, 3.05) is 13.7 Å². The minimum Gasteiger partial charge on any atom is -0.513 e. The van der Waals surface area contributed by atoms with Crippen LogP contribution in [0, 0.1) is 11.3 Å². The van der Waals surface area contributed by atoms with Gasteiger partial charge in [-0.1, -0.05) is 18.9 Å². The molecule has 1 fully saturated rings. The normalized spacial score (nSPS) is 34.6. The first-order valence-electron chi connectivity index (χ1n) is 15.0. The molecular formula is C31H43BN2O11S. The molecule has 0 spiro atoms. The van der Waals surface area contributed by atoms with Crippen molar-refractivity contribution in [2.24, 2.45) is 22.8 Å². The molecule has 6 N–H and O–H groups in total. The number of methoxy groups -OCH3 is 1. The van der Waals surface area contributed by atoms with Crippen molar-refractivity contribution in [1.82, 2.24) is 0 Å². The number of allylic oxidation sites excluding steroid dienone is 4. The molecule has 3 aliphatic rings. The van der Waals surface area contributed by atoms with Crippen LogP contribution in [0.2, 0.25) is 5.31 Å². The van der Waals surface area contributed by atoms with Crippen LogP contribution in [-0.2, 0) is 42.9 Å². The van der Waals surface area contributed by atoms with E-state index in [0.717, 1.165) is 13.2 Å². The summed E-state index contributed by atoms with van der Waals surface area (Å²) in [6.07, 6.45) is -0.0460. The molecule has 3 rings (SSSR count). The molecule has 1 saturated heterocycles. The van der Waals surface area contributed by atoms with Gasteiger partial charge in [-0.25, -0.2) is 19.2 Å². The standard InChI is InChI=1S/C31H43BN2O11S/c1-16(2)10-22(37)43-24-26(39)45-29(46)13-19-17(3)23(44-25(38)20(34)8-6-7-9-33)21(36)14-28(19,4)11-18(35)12-31(41,27(40)42-5)30(24,32)15-29/h10-11,19-20,24,35,41,46H,6-9,12-15,33-34H2,1-5H3/b18-11-. The summed E-state index contributed by atoms with van der Waals surface area (Å²) in [6.45, 7) is 6.86. The van der Waals surface area contributed by atoms with Crippen molar-refractivity contribution in [3.63, 3.8) is 0 Å². The van der Waals surface area contributed by atoms with E-state index in [9.17, 15) is 34.2 Å². The van der Waals surface area contributed by atoms with E-state index in [0.29, 0.717) is 37.0 Å². The molecule has 7 atom stereocenters. The SMILES string of the molecule is [B]C12CC(S)(CC3C(C)=C(OC(=O)C(N)CCCCN)C(=O)CC3(C)/C=C(\O)CC1(O)C(=O)OC)OC(=O)C2OC(=O)C=C(C)C. The molecule has 2 aliphatic carbocycles. The van der Waals surface area contributed by atoms with Crippen LogP contribution in [-0.4, -0.2) is 84.1 Å². The first-order valence-corrected chi connectivity index (χ1v) is 15.4. The molecular weight excluding hydrogens is 619 g/mol. The number of esters is 4. The number of unbranched alkanes of at least 4 members (excludes halogenated alkanes) is 1. The van der Waals surface area contributed by atoms with Gasteiger partial charge in [0.25, 0.3) is 0 Å². The Balaban J connectivity index is 2.17. The maximum absolute atomic E-state index is 13.6. The number of hydrogen-bond acceptors (Lipinski definition) is 14. The van der Waals surface area contributed by atoms with Gasteiger partial charge in [-0.2, -0.15) is 0 Å². The zero-order chi connectivity index (χ0) is 34.8. The highest BCUT2D eigenvalue weighted by molar-refractivity contribution is 7.81. The van der Waals surface area contributed by atoms with Crippen LogP contribution in [0.5, 0.6) is 0 Å². The van der Waals surface area contributed by atoms with Crippen molar-refractivity contribution in [3.05, 3.63) is 34.8 Å². The second-order valence-corrected chi connectivity index (χ2v) is 13.8. The van der Waals surface area contributed by atoms with Gasteiger partial charge in [-0.3, -0.25) is 4.79 Å². The fraction of sp³-hybridized carbons (Fsp3) is 0.645. The molecule has 0 amide bonds. The second kappa shape index (κ2) is 13.9. The van der Waals surface area contributed by atoms with Gasteiger partial charge in [0, 0.05) is 42.5 Å². The number of carbonyl (C=O) groups is 5. The number of Topliss-reactive ketones (excluding diaryl/α,β-unsaturated/α-hetero) is 1. The minimum atomic E-state index is -2.85. The lowest BCUT2D eigenvalue weighted by molar-refractivity contribution is -0.206. The highest BCUT2D eigenvalue weighted by atomic mass is 32.1. The largest absolute Gasteiger partial charge is 0.513 e. The topological polar surface area (TPSA) is 215 Å². The number of thiol groups is 1. The van der Waals surface area contributed by atoms with Crippen molar-refractivity contribution in [1.29, 1.82) is 0 Å². The van der Waals surface area contributed by atoms with Crippen molar-refractivity contribution >= 4 is 50.1 Å². The average molecular weight is 663 g/mol. The van der Waals surface area contributed by atoms with Crippen LogP contribution in [0.1, 0.15) is 72.6 Å². The Hall–Kier alpha value is -3.14. The molecule has 0 saturated carbocycles. The van der Waals surface area contributed by atoms with E-state index >= 15 is 0 Å².